The topological polar surface area (TPSA) is 26.3 Å². The molecule has 0 unspecified atom stereocenters. The molecule has 1 aromatic carbocycles. The Morgan fingerprint density at radius 3 is 2.72 bits per heavy atom. The summed E-state index contributed by atoms with van der Waals surface area (Å²) in [6.45, 7) is 2.00. The highest BCUT2D eigenvalue weighted by molar-refractivity contribution is 9.09. The predicted molar refractivity (Wildman–Crippen MR) is 72.0 cm³/mol. The standard InChI is InChI=1S/C14H16BrFO2/c1-10(17)12-7-11(16)3-4-13(12)18-9-14(8-15)5-2-6-14/h3-4,7H,2,5-6,8-9H2,1H3. The second-order valence-corrected chi connectivity index (χ2v) is 5.53. The summed E-state index contributed by atoms with van der Waals surface area (Å²) in [5.41, 5.74) is 0.502. The number of ketones is 1. The molecule has 1 fully saturated rings. The van der Waals surface area contributed by atoms with Crippen molar-refractivity contribution in [1.82, 2.24) is 0 Å². The van der Waals surface area contributed by atoms with Crippen LogP contribution in [0, 0.1) is 11.2 Å². The van der Waals surface area contributed by atoms with Crippen LogP contribution < -0.4 is 4.74 Å². The van der Waals surface area contributed by atoms with E-state index >= 15 is 0 Å². The number of Topliss-reactive ketones (excluding diaryl/α,β-unsaturated/α-hetero) is 1. The molecule has 0 aromatic heterocycles. The highest BCUT2D eigenvalue weighted by atomic mass is 79.9. The van der Waals surface area contributed by atoms with Crippen LogP contribution in [-0.2, 0) is 0 Å². The van der Waals surface area contributed by atoms with Crippen molar-refractivity contribution in [1.29, 1.82) is 0 Å². The fourth-order valence-corrected chi connectivity index (χ4v) is 2.85. The summed E-state index contributed by atoms with van der Waals surface area (Å²) in [4.78, 5) is 11.4. The third kappa shape index (κ3) is 2.74. The van der Waals surface area contributed by atoms with Crippen LogP contribution in [-0.4, -0.2) is 17.7 Å². The molecular formula is C14H16BrFO2. The number of rotatable bonds is 5. The summed E-state index contributed by atoms with van der Waals surface area (Å²) >= 11 is 3.51. The molecule has 98 valence electrons. The Kier molecular flexibility index (Phi) is 4.05. The van der Waals surface area contributed by atoms with Crippen LogP contribution >= 0.6 is 15.9 Å². The third-order valence-electron chi connectivity index (χ3n) is 3.55. The minimum atomic E-state index is -0.411. The normalized spacial score (nSPS) is 17.1. The van der Waals surface area contributed by atoms with Crippen molar-refractivity contribution < 1.29 is 13.9 Å². The largest absolute Gasteiger partial charge is 0.492 e. The van der Waals surface area contributed by atoms with Gasteiger partial charge in [0.1, 0.15) is 11.6 Å². The van der Waals surface area contributed by atoms with E-state index in [1.165, 1.54) is 31.5 Å². The minimum absolute atomic E-state index is 0.175. The summed E-state index contributed by atoms with van der Waals surface area (Å²) in [5, 5.41) is 0.899. The minimum Gasteiger partial charge on any atom is -0.492 e. The number of ether oxygens (including phenoxy) is 1. The van der Waals surface area contributed by atoms with Gasteiger partial charge in [-0.25, -0.2) is 4.39 Å². The number of carbonyl (C=O) groups excluding carboxylic acids is 1. The quantitative estimate of drug-likeness (QED) is 0.607. The van der Waals surface area contributed by atoms with Gasteiger partial charge in [0.05, 0.1) is 12.2 Å². The van der Waals surface area contributed by atoms with Gasteiger partial charge in [-0.3, -0.25) is 4.79 Å². The Bertz CT molecular complexity index is 450. The van der Waals surface area contributed by atoms with Gasteiger partial charge >= 0.3 is 0 Å². The lowest BCUT2D eigenvalue weighted by Crippen LogP contribution is -2.37. The molecule has 0 N–H and O–H groups in total. The third-order valence-corrected chi connectivity index (χ3v) is 4.74. The fourth-order valence-electron chi connectivity index (χ4n) is 2.13. The SMILES string of the molecule is CC(=O)c1cc(F)ccc1OCC1(CBr)CCC1. The highest BCUT2D eigenvalue weighted by Gasteiger charge is 2.36. The predicted octanol–water partition coefficient (Wildman–Crippen LogP) is 3.97. The van der Waals surface area contributed by atoms with Crippen LogP contribution in [0.5, 0.6) is 5.75 Å². The zero-order chi connectivity index (χ0) is 13.2. The van der Waals surface area contributed by atoms with E-state index in [0.717, 1.165) is 18.2 Å². The maximum absolute atomic E-state index is 13.1. The molecule has 0 spiro atoms. The van der Waals surface area contributed by atoms with Crippen LogP contribution in [0.2, 0.25) is 0 Å². The molecule has 1 saturated carbocycles. The maximum Gasteiger partial charge on any atom is 0.163 e. The van der Waals surface area contributed by atoms with Crippen molar-refractivity contribution >= 4 is 21.7 Å². The number of hydrogen-bond donors (Lipinski definition) is 0. The van der Waals surface area contributed by atoms with Gasteiger partial charge in [0, 0.05) is 10.7 Å². The van der Waals surface area contributed by atoms with Crippen molar-refractivity contribution in [2.75, 3.05) is 11.9 Å². The first kappa shape index (κ1) is 13.5. The molecule has 1 aliphatic rings. The first-order chi connectivity index (χ1) is 8.56. The molecule has 0 atom stereocenters. The van der Waals surface area contributed by atoms with Crippen LogP contribution in [0.1, 0.15) is 36.5 Å². The average Bonchev–Trinajstić information content (AvgIpc) is 2.29. The summed E-state index contributed by atoms with van der Waals surface area (Å²) in [7, 11) is 0. The lowest BCUT2D eigenvalue weighted by atomic mass is 9.71. The van der Waals surface area contributed by atoms with E-state index < -0.39 is 5.82 Å². The van der Waals surface area contributed by atoms with Gasteiger partial charge in [0.25, 0.3) is 0 Å². The smallest absolute Gasteiger partial charge is 0.163 e. The average molecular weight is 315 g/mol. The molecule has 4 heteroatoms. The first-order valence-corrected chi connectivity index (χ1v) is 7.18. The lowest BCUT2D eigenvalue weighted by Gasteiger charge is -2.40. The number of alkyl halides is 1. The van der Waals surface area contributed by atoms with Crippen molar-refractivity contribution in [3.8, 4) is 5.75 Å². The van der Waals surface area contributed by atoms with E-state index in [-0.39, 0.29) is 11.2 Å². The molecule has 0 heterocycles. The molecule has 0 radical (unpaired) electrons. The van der Waals surface area contributed by atoms with Gasteiger partial charge < -0.3 is 4.74 Å². The number of halogens is 2. The molecular weight excluding hydrogens is 299 g/mol. The fraction of sp³-hybridized carbons (Fsp3) is 0.500. The van der Waals surface area contributed by atoms with E-state index in [0.29, 0.717) is 17.9 Å². The van der Waals surface area contributed by atoms with Gasteiger partial charge in [0.2, 0.25) is 0 Å². The Labute approximate surface area is 115 Å². The lowest BCUT2D eigenvalue weighted by molar-refractivity contribution is 0.0818. The molecule has 1 aromatic rings. The van der Waals surface area contributed by atoms with Crippen molar-refractivity contribution in [2.24, 2.45) is 5.41 Å². The molecule has 2 nitrogen and oxygen atoms in total. The van der Waals surface area contributed by atoms with Gasteiger partial charge in [-0.05, 0) is 38.0 Å². The Morgan fingerprint density at radius 1 is 1.50 bits per heavy atom. The van der Waals surface area contributed by atoms with Gasteiger partial charge in [-0.1, -0.05) is 22.4 Å². The highest BCUT2D eigenvalue weighted by Crippen LogP contribution is 2.42. The second-order valence-electron chi connectivity index (χ2n) is 4.97. The summed E-state index contributed by atoms with van der Waals surface area (Å²) in [6.07, 6.45) is 3.49. The van der Waals surface area contributed by atoms with Crippen LogP contribution in [0.4, 0.5) is 4.39 Å². The maximum atomic E-state index is 13.1. The van der Waals surface area contributed by atoms with Crippen molar-refractivity contribution in [2.45, 2.75) is 26.2 Å². The van der Waals surface area contributed by atoms with Crippen LogP contribution in [0.25, 0.3) is 0 Å². The van der Waals surface area contributed by atoms with Crippen molar-refractivity contribution in [3.05, 3.63) is 29.6 Å². The zero-order valence-corrected chi connectivity index (χ0v) is 11.9. The van der Waals surface area contributed by atoms with Crippen molar-refractivity contribution in [3.63, 3.8) is 0 Å². The van der Waals surface area contributed by atoms with E-state index in [9.17, 15) is 9.18 Å². The molecule has 0 aliphatic heterocycles. The summed E-state index contributed by atoms with van der Waals surface area (Å²) in [5.74, 6) is -0.103. The monoisotopic (exact) mass is 314 g/mol. The van der Waals surface area contributed by atoms with Gasteiger partial charge in [-0.15, -0.1) is 0 Å². The Hall–Kier alpha value is -0.900. The second kappa shape index (κ2) is 5.39. The van der Waals surface area contributed by atoms with Crippen LogP contribution in [0.3, 0.4) is 0 Å². The molecule has 1 aliphatic carbocycles. The zero-order valence-electron chi connectivity index (χ0n) is 10.3. The molecule has 0 bridgehead atoms. The number of hydrogen-bond acceptors (Lipinski definition) is 2. The molecule has 2 rings (SSSR count). The van der Waals surface area contributed by atoms with E-state index in [1.54, 1.807) is 0 Å². The molecule has 0 saturated heterocycles. The Balaban J connectivity index is 2.11. The Morgan fingerprint density at radius 2 is 2.22 bits per heavy atom. The van der Waals surface area contributed by atoms with E-state index in [2.05, 4.69) is 15.9 Å². The summed E-state index contributed by atoms with van der Waals surface area (Å²) in [6, 6.07) is 4.09. The van der Waals surface area contributed by atoms with Gasteiger partial charge in [0.15, 0.2) is 5.78 Å². The molecule has 18 heavy (non-hydrogen) atoms. The van der Waals surface area contributed by atoms with Crippen LogP contribution in [0.15, 0.2) is 18.2 Å². The molecule has 0 amide bonds. The first-order valence-electron chi connectivity index (χ1n) is 6.06. The van der Waals surface area contributed by atoms with Gasteiger partial charge in [-0.2, -0.15) is 0 Å². The number of carbonyl (C=O) groups is 1. The van der Waals surface area contributed by atoms with E-state index in [4.69, 9.17) is 4.74 Å². The van der Waals surface area contributed by atoms with E-state index in [1.807, 2.05) is 0 Å². The summed E-state index contributed by atoms with van der Waals surface area (Å²) < 4.78 is 18.8. The number of benzene rings is 1.